The highest BCUT2D eigenvalue weighted by Gasteiger charge is 2.58. The fourth-order valence-electron chi connectivity index (χ4n) is 1.39. The number of carbonyl (C=O) groups excluding carboxylic acids is 1. The van der Waals surface area contributed by atoms with Crippen molar-refractivity contribution in [2.24, 2.45) is 11.3 Å². The highest BCUT2D eigenvalue weighted by Crippen LogP contribution is 2.55. The van der Waals surface area contributed by atoms with Crippen molar-refractivity contribution >= 4 is 38.3 Å². The number of carbonyl (C=O) groups is 1. The van der Waals surface area contributed by atoms with Gasteiger partial charge in [-0.1, -0.05) is 19.9 Å². The predicted octanol–water partition coefficient (Wildman–Crippen LogP) is 2.82. The molecule has 2 atom stereocenters. The molecule has 12 heavy (non-hydrogen) atoms. The van der Waals surface area contributed by atoms with Gasteiger partial charge in [-0.2, -0.15) is 0 Å². The van der Waals surface area contributed by atoms with E-state index in [-0.39, 0.29) is 11.5 Å². The first-order valence-corrected chi connectivity index (χ1v) is 5.20. The van der Waals surface area contributed by atoms with Crippen LogP contribution in [0.3, 0.4) is 0 Å². The third kappa shape index (κ3) is 1.91. The van der Waals surface area contributed by atoms with Crippen molar-refractivity contribution in [3.63, 3.8) is 0 Å². The molecule has 0 unspecified atom stereocenters. The van der Waals surface area contributed by atoms with Gasteiger partial charge in [0.15, 0.2) is 0 Å². The maximum atomic E-state index is 10.1. The van der Waals surface area contributed by atoms with Crippen molar-refractivity contribution in [3.05, 3.63) is 9.47 Å². The molecule has 0 aromatic rings. The van der Waals surface area contributed by atoms with Crippen LogP contribution in [-0.2, 0) is 9.53 Å². The molecule has 0 aromatic carbocycles. The Kier molecular flexibility index (Phi) is 2.99. The number of rotatable bonds is 3. The largest absolute Gasteiger partial charge is 0.463 e. The van der Waals surface area contributed by atoms with Gasteiger partial charge in [0.25, 0.3) is 6.47 Å². The molecule has 1 fully saturated rings. The number of hydrogen-bond donors (Lipinski definition) is 0. The second-order valence-corrected chi connectivity index (χ2v) is 6.23. The van der Waals surface area contributed by atoms with Gasteiger partial charge < -0.3 is 4.74 Å². The molecule has 0 saturated heterocycles. The summed E-state index contributed by atoms with van der Waals surface area (Å²) < 4.78 is 5.82. The Morgan fingerprint density at radius 1 is 1.50 bits per heavy atom. The molecule has 1 saturated carbocycles. The molecular formula is C8H10Br2O2. The second-order valence-electron chi connectivity index (χ2n) is 3.46. The highest BCUT2D eigenvalue weighted by molar-refractivity contribution is 9.28. The standard InChI is InChI=1S/C8H10Br2O2/c1-8(2)5(3-6(9)10)7(8)12-4-11/h3-5,7H,1-2H3/t5-,7-/m0/s1. The van der Waals surface area contributed by atoms with Gasteiger partial charge in [0.1, 0.15) is 6.10 Å². The third-order valence-corrected chi connectivity index (χ3v) is 2.85. The van der Waals surface area contributed by atoms with Gasteiger partial charge in [0, 0.05) is 11.3 Å². The van der Waals surface area contributed by atoms with Gasteiger partial charge in [-0.05, 0) is 31.9 Å². The van der Waals surface area contributed by atoms with Crippen LogP contribution in [0.2, 0.25) is 0 Å². The minimum absolute atomic E-state index is 0.0279. The highest BCUT2D eigenvalue weighted by atomic mass is 79.9. The second kappa shape index (κ2) is 3.50. The summed E-state index contributed by atoms with van der Waals surface area (Å²) in [7, 11) is 0. The van der Waals surface area contributed by atoms with Gasteiger partial charge in [0.2, 0.25) is 0 Å². The van der Waals surface area contributed by atoms with E-state index >= 15 is 0 Å². The summed E-state index contributed by atoms with van der Waals surface area (Å²) in [6.07, 6.45) is 2.04. The zero-order valence-electron chi connectivity index (χ0n) is 6.88. The van der Waals surface area contributed by atoms with E-state index in [0.29, 0.717) is 12.4 Å². The molecule has 0 radical (unpaired) electrons. The molecule has 0 N–H and O–H groups in total. The molecule has 0 spiro atoms. The molecule has 4 heteroatoms. The van der Waals surface area contributed by atoms with Crippen molar-refractivity contribution < 1.29 is 9.53 Å². The lowest BCUT2D eigenvalue weighted by molar-refractivity contribution is -0.130. The van der Waals surface area contributed by atoms with Crippen LogP contribution in [0.5, 0.6) is 0 Å². The van der Waals surface area contributed by atoms with Gasteiger partial charge in [0.05, 0.1) is 3.39 Å². The van der Waals surface area contributed by atoms with E-state index in [1.165, 1.54) is 0 Å². The Labute approximate surface area is 88.6 Å². The van der Waals surface area contributed by atoms with Gasteiger partial charge >= 0.3 is 0 Å². The molecule has 0 bridgehead atoms. The number of ether oxygens (including phenoxy) is 1. The van der Waals surface area contributed by atoms with E-state index in [0.717, 1.165) is 3.39 Å². The summed E-state index contributed by atoms with van der Waals surface area (Å²) in [5.41, 5.74) is 0.0771. The first kappa shape index (κ1) is 10.3. The fraction of sp³-hybridized carbons (Fsp3) is 0.625. The zero-order chi connectivity index (χ0) is 9.35. The van der Waals surface area contributed by atoms with E-state index in [1.807, 2.05) is 6.08 Å². The van der Waals surface area contributed by atoms with Gasteiger partial charge in [-0.25, -0.2) is 0 Å². The smallest absolute Gasteiger partial charge is 0.293 e. The first-order valence-electron chi connectivity index (χ1n) is 3.62. The van der Waals surface area contributed by atoms with Crippen LogP contribution in [0, 0.1) is 11.3 Å². The fourth-order valence-corrected chi connectivity index (χ4v) is 1.96. The Balaban J connectivity index is 2.60. The zero-order valence-corrected chi connectivity index (χ0v) is 10.1. The summed E-state index contributed by atoms with van der Waals surface area (Å²) in [6, 6.07) is 0. The molecular weight excluding hydrogens is 288 g/mol. The van der Waals surface area contributed by atoms with Crippen LogP contribution in [0.4, 0.5) is 0 Å². The lowest BCUT2D eigenvalue weighted by Crippen LogP contribution is -1.98. The predicted molar refractivity (Wildman–Crippen MR) is 54.1 cm³/mol. The van der Waals surface area contributed by atoms with Crippen molar-refractivity contribution in [2.45, 2.75) is 20.0 Å². The molecule has 1 aliphatic carbocycles. The molecule has 68 valence electrons. The van der Waals surface area contributed by atoms with E-state index in [4.69, 9.17) is 4.74 Å². The summed E-state index contributed by atoms with van der Waals surface area (Å²) in [6.45, 7) is 4.67. The van der Waals surface area contributed by atoms with Crippen LogP contribution in [-0.4, -0.2) is 12.6 Å². The number of halogens is 2. The van der Waals surface area contributed by atoms with Crippen molar-refractivity contribution in [1.82, 2.24) is 0 Å². The quantitative estimate of drug-likeness (QED) is 0.749. The first-order chi connectivity index (χ1) is 5.50. The SMILES string of the molecule is CC1(C)[C@@H](C=C(Br)Br)[C@@H]1OC=O. The van der Waals surface area contributed by atoms with E-state index in [2.05, 4.69) is 45.7 Å². The summed E-state index contributed by atoms with van der Waals surface area (Å²) in [5.74, 6) is 0.316. The van der Waals surface area contributed by atoms with Crippen LogP contribution in [0.1, 0.15) is 13.8 Å². The maximum Gasteiger partial charge on any atom is 0.293 e. The third-order valence-electron chi connectivity index (χ3n) is 2.32. The number of hydrogen-bond acceptors (Lipinski definition) is 2. The van der Waals surface area contributed by atoms with Crippen molar-refractivity contribution in [1.29, 1.82) is 0 Å². The monoisotopic (exact) mass is 296 g/mol. The summed E-state index contributed by atoms with van der Waals surface area (Å²) >= 11 is 6.56. The Hall–Kier alpha value is 0.170. The van der Waals surface area contributed by atoms with Crippen molar-refractivity contribution in [2.75, 3.05) is 0 Å². The van der Waals surface area contributed by atoms with Crippen LogP contribution < -0.4 is 0 Å². The molecule has 0 aliphatic heterocycles. The average molecular weight is 298 g/mol. The molecule has 1 aliphatic rings. The summed E-state index contributed by atoms with van der Waals surface area (Å²) in [5, 5.41) is 0. The van der Waals surface area contributed by atoms with Crippen LogP contribution in [0.25, 0.3) is 0 Å². The topological polar surface area (TPSA) is 26.3 Å². The van der Waals surface area contributed by atoms with E-state index < -0.39 is 0 Å². The Morgan fingerprint density at radius 2 is 2.08 bits per heavy atom. The molecule has 0 aromatic heterocycles. The lowest BCUT2D eigenvalue weighted by Gasteiger charge is -1.97. The van der Waals surface area contributed by atoms with Crippen LogP contribution in [0.15, 0.2) is 9.47 Å². The minimum Gasteiger partial charge on any atom is -0.463 e. The molecule has 1 rings (SSSR count). The maximum absolute atomic E-state index is 10.1. The van der Waals surface area contributed by atoms with E-state index in [9.17, 15) is 4.79 Å². The van der Waals surface area contributed by atoms with E-state index in [1.54, 1.807) is 0 Å². The average Bonchev–Trinajstić information content (AvgIpc) is 2.39. The van der Waals surface area contributed by atoms with Gasteiger partial charge in [-0.3, -0.25) is 4.79 Å². The normalized spacial score (nSPS) is 30.7. The van der Waals surface area contributed by atoms with Crippen molar-refractivity contribution in [3.8, 4) is 0 Å². The minimum atomic E-state index is 0.0279. The Bertz CT molecular complexity index is 219. The van der Waals surface area contributed by atoms with Gasteiger partial charge in [-0.15, -0.1) is 0 Å². The molecule has 0 heterocycles. The summed E-state index contributed by atoms with van der Waals surface area (Å²) in [4.78, 5) is 10.1. The Morgan fingerprint density at radius 3 is 2.50 bits per heavy atom. The lowest BCUT2D eigenvalue weighted by atomic mass is 10.1. The molecule has 0 amide bonds. The van der Waals surface area contributed by atoms with Crippen LogP contribution >= 0.6 is 31.9 Å². The molecule has 2 nitrogen and oxygen atoms in total.